The van der Waals surface area contributed by atoms with Crippen LogP contribution in [0.2, 0.25) is 0 Å². The maximum Gasteiger partial charge on any atom is 0.138 e. The number of hydrogen-bond acceptors (Lipinski definition) is 5. The van der Waals surface area contributed by atoms with Gasteiger partial charge in [0.1, 0.15) is 17.0 Å². The second kappa shape index (κ2) is 5.43. The predicted octanol–water partition coefficient (Wildman–Crippen LogP) is 2.72. The number of fused-ring (bicyclic) bond motifs is 1. The van der Waals surface area contributed by atoms with E-state index >= 15 is 0 Å². The Hall–Kier alpha value is -1.20. The standard InChI is InChI=1S/C14H20N4S/c1-9-10(2)19-14-12(9)13(17-8-18-14)16-7-11-4-3-5-15-6-11/h8,11,15H,3-7H2,1-2H3,(H,16,17,18). The molecule has 4 nitrogen and oxygen atoms in total. The molecule has 1 atom stereocenters. The van der Waals surface area contributed by atoms with Crippen molar-refractivity contribution in [2.24, 2.45) is 5.92 Å². The Bertz CT molecular complexity index is 572. The van der Waals surface area contributed by atoms with Gasteiger partial charge in [-0.05, 0) is 51.3 Å². The van der Waals surface area contributed by atoms with E-state index in [1.807, 2.05) is 0 Å². The van der Waals surface area contributed by atoms with E-state index in [2.05, 4.69) is 34.4 Å². The summed E-state index contributed by atoms with van der Waals surface area (Å²) in [6, 6.07) is 0. The summed E-state index contributed by atoms with van der Waals surface area (Å²) < 4.78 is 0. The molecule has 1 aliphatic rings. The molecule has 3 heterocycles. The molecule has 2 N–H and O–H groups in total. The Morgan fingerprint density at radius 2 is 2.32 bits per heavy atom. The third-order valence-corrected chi connectivity index (χ3v) is 5.04. The average Bonchev–Trinajstić information content (AvgIpc) is 2.74. The normalized spacial score (nSPS) is 19.8. The topological polar surface area (TPSA) is 49.8 Å². The minimum atomic E-state index is 0.707. The first-order valence-electron chi connectivity index (χ1n) is 6.91. The highest BCUT2D eigenvalue weighted by Gasteiger charge is 2.15. The van der Waals surface area contributed by atoms with Crippen LogP contribution in [-0.2, 0) is 0 Å². The monoisotopic (exact) mass is 276 g/mol. The van der Waals surface area contributed by atoms with Gasteiger partial charge in [-0.3, -0.25) is 0 Å². The second-order valence-electron chi connectivity index (χ2n) is 5.28. The van der Waals surface area contributed by atoms with Gasteiger partial charge in [0.25, 0.3) is 0 Å². The van der Waals surface area contributed by atoms with Gasteiger partial charge in [-0.2, -0.15) is 0 Å². The fraction of sp³-hybridized carbons (Fsp3) is 0.571. The molecule has 1 fully saturated rings. The van der Waals surface area contributed by atoms with Crippen LogP contribution in [0, 0.1) is 19.8 Å². The van der Waals surface area contributed by atoms with E-state index in [9.17, 15) is 0 Å². The Morgan fingerprint density at radius 3 is 3.11 bits per heavy atom. The number of aryl methyl sites for hydroxylation is 2. The lowest BCUT2D eigenvalue weighted by Gasteiger charge is -2.23. The van der Waals surface area contributed by atoms with Crippen molar-refractivity contribution in [2.45, 2.75) is 26.7 Å². The van der Waals surface area contributed by atoms with Gasteiger partial charge in [-0.25, -0.2) is 9.97 Å². The highest BCUT2D eigenvalue weighted by molar-refractivity contribution is 7.18. The minimum absolute atomic E-state index is 0.707. The largest absolute Gasteiger partial charge is 0.369 e. The van der Waals surface area contributed by atoms with E-state index in [1.54, 1.807) is 17.7 Å². The van der Waals surface area contributed by atoms with Crippen molar-refractivity contribution in [1.29, 1.82) is 0 Å². The van der Waals surface area contributed by atoms with Crippen molar-refractivity contribution >= 4 is 27.4 Å². The average molecular weight is 276 g/mol. The summed E-state index contributed by atoms with van der Waals surface area (Å²) in [6.07, 6.45) is 4.25. The molecule has 0 radical (unpaired) electrons. The molecule has 2 aromatic heterocycles. The Balaban J connectivity index is 1.80. The van der Waals surface area contributed by atoms with Crippen LogP contribution in [0.1, 0.15) is 23.3 Å². The molecule has 0 spiro atoms. The molecule has 0 aromatic carbocycles. The van der Waals surface area contributed by atoms with Gasteiger partial charge < -0.3 is 10.6 Å². The Morgan fingerprint density at radius 1 is 1.42 bits per heavy atom. The van der Waals surface area contributed by atoms with E-state index in [-0.39, 0.29) is 0 Å². The summed E-state index contributed by atoms with van der Waals surface area (Å²) in [5.74, 6) is 1.70. The lowest BCUT2D eigenvalue weighted by molar-refractivity contribution is 0.392. The maximum absolute atomic E-state index is 4.43. The number of anilines is 1. The van der Waals surface area contributed by atoms with E-state index in [0.29, 0.717) is 5.92 Å². The van der Waals surface area contributed by atoms with Crippen LogP contribution < -0.4 is 10.6 Å². The van der Waals surface area contributed by atoms with E-state index in [1.165, 1.54) is 28.7 Å². The van der Waals surface area contributed by atoms with Crippen LogP contribution in [0.25, 0.3) is 10.2 Å². The van der Waals surface area contributed by atoms with E-state index in [0.717, 1.165) is 30.3 Å². The summed E-state index contributed by atoms with van der Waals surface area (Å²) in [6.45, 7) is 7.58. The fourth-order valence-electron chi connectivity index (χ4n) is 2.66. The van der Waals surface area contributed by atoms with Crippen molar-refractivity contribution < 1.29 is 0 Å². The van der Waals surface area contributed by atoms with Crippen LogP contribution >= 0.6 is 11.3 Å². The van der Waals surface area contributed by atoms with Crippen LogP contribution in [-0.4, -0.2) is 29.6 Å². The molecule has 1 saturated heterocycles. The first-order chi connectivity index (χ1) is 9.25. The molecular formula is C14H20N4S. The van der Waals surface area contributed by atoms with Crippen LogP contribution in [0.3, 0.4) is 0 Å². The summed E-state index contributed by atoms with van der Waals surface area (Å²) >= 11 is 1.75. The molecule has 102 valence electrons. The van der Waals surface area contributed by atoms with Crippen molar-refractivity contribution in [2.75, 3.05) is 25.0 Å². The maximum atomic E-state index is 4.43. The van der Waals surface area contributed by atoms with Gasteiger partial charge in [0.2, 0.25) is 0 Å². The number of rotatable bonds is 3. The molecule has 19 heavy (non-hydrogen) atoms. The number of hydrogen-bond donors (Lipinski definition) is 2. The number of aromatic nitrogens is 2. The van der Waals surface area contributed by atoms with Crippen LogP contribution in [0.5, 0.6) is 0 Å². The molecule has 0 saturated carbocycles. The summed E-state index contributed by atoms with van der Waals surface area (Å²) in [5, 5.41) is 8.18. The van der Waals surface area contributed by atoms with Crippen molar-refractivity contribution in [1.82, 2.24) is 15.3 Å². The third kappa shape index (κ3) is 2.58. The smallest absolute Gasteiger partial charge is 0.138 e. The number of nitrogens with zero attached hydrogens (tertiary/aromatic N) is 2. The third-order valence-electron chi connectivity index (χ3n) is 3.92. The molecule has 0 amide bonds. The van der Waals surface area contributed by atoms with E-state index < -0.39 is 0 Å². The fourth-order valence-corrected chi connectivity index (χ4v) is 3.65. The van der Waals surface area contributed by atoms with Gasteiger partial charge in [-0.1, -0.05) is 0 Å². The Kier molecular flexibility index (Phi) is 3.66. The second-order valence-corrected chi connectivity index (χ2v) is 6.48. The van der Waals surface area contributed by atoms with Crippen molar-refractivity contribution in [3.63, 3.8) is 0 Å². The van der Waals surface area contributed by atoms with Gasteiger partial charge in [0, 0.05) is 11.4 Å². The zero-order valence-corrected chi connectivity index (χ0v) is 12.3. The predicted molar refractivity (Wildman–Crippen MR) is 81.0 cm³/mol. The zero-order valence-electron chi connectivity index (χ0n) is 11.5. The van der Waals surface area contributed by atoms with Gasteiger partial charge in [0.05, 0.1) is 5.39 Å². The van der Waals surface area contributed by atoms with Gasteiger partial charge >= 0.3 is 0 Å². The van der Waals surface area contributed by atoms with Gasteiger partial charge in [0.15, 0.2) is 0 Å². The molecule has 1 aliphatic heterocycles. The molecule has 0 bridgehead atoms. The number of nitrogens with one attached hydrogen (secondary N) is 2. The molecule has 2 aromatic rings. The quantitative estimate of drug-likeness (QED) is 0.905. The summed E-state index contributed by atoms with van der Waals surface area (Å²) in [7, 11) is 0. The van der Waals surface area contributed by atoms with Crippen molar-refractivity contribution in [3.8, 4) is 0 Å². The molecule has 0 aliphatic carbocycles. The molecular weight excluding hydrogens is 256 g/mol. The summed E-state index contributed by atoms with van der Waals surface area (Å²) in [5.41, 5.74) is 1.31. The van der Waals surface area contributed by atoms with Crippen LogP contribution in [0.4, 0.5) is 5.82 Å². The highest BCUT2D eigenvalue weighted by atomic mass is 32.1. The molecule has 1 unspecified atom stereocenters. The lowest BCUT2D eigenvalue weighted by Crippen LogP contribution is -2.33. The van der Waals surface area contributed by atoms with E-state index in [4.69, 9.17) is 0 Å². The van der Waals surface area contributed by atoms with Gasteiger partial charge in [-0.15, -0.1) is 11.3 Å². The highest BCUT2D eigenvalue weighted by Crippen LogP contribution is 2.32. The first-order valence-corrected chi connectivity index (χ1v) is 7.72. The van der Waals surface area contributed by atoms with Crippen LogP contribution in [0.15, 0.2) is 6.33 Å². The SMILES string of the molecule is Cc1sc2ncnc(NCC3CCCNC3)c2c1C. The molecule has 5 heteroatoms. The van der Waals surface area contributed by atoms with Crippen molar-refractivity contribution in [3.05, 3.63) is 16.8 Å². The molecule has 3 rings (SSSR count). The Labute approximate surface area is 117 Å². The minimum Gasteiger partial charge on any atom is -0.369 e. The number of piperidine rings is 1. The lowest BCUT2D eigenvalue weighted by atomic mass is 10.00. The zero-order chi connectivity index (χ0) is 13.2. The number of thiophene rings is 1. The summed E-state index contributed by atoms with van der Waals surface area (Å²) in [4.78, 5) is 11.2. The first kappa shape index (κ1) is 12.8.